The first-order valence-electron chi connectivity index (χ1n) is 11.9. The van der Waals surface area contributed by atoms with Gasteiger partial charge < -0.3 is 26.6 Å². The highest BCUT2D eigenvalue weighted by Crippen LogP contribution is 2.34. The van der Waals surface area contributed by atoms with E-state index in [1.807, 2.05) is 4.68 Å². The molecular formula is C24H34ClN7O2. The largest absolute Gasteiger partial charge is 0.508 e. The number of nitrogens with two attached hydrogens (primary N) is 1. The van der Waals surface area contributed by atoms with Crippen LogP contribution in [0.2, 0.25) is 5.02 Å². The number of anilines is 2. The molecule has 9 nitrogen and oxygen atoms in total. The van der Waals surface area contributed by atoms with Gasteiger partial charge in [0.25, 0.3) is 0 Å². The highest BCUT2D eigenvalue weighted by Gasteiger charge is 2.24. The number of nitrogens with zero attached hydrogens (tertiary/aromatic N) is 4. The van der Waals surface area contributed by atoms with E-state index in [4.69, 9.17) is 32.4 Å². The van der Waals surface area contributed by atoms with Crippen molar-refractivity contribution in [1.82, 2.24) is 19.7 Å². The fourth-order valence-corrected chi connectivity index (χ4v) is 4.53. The molecule has 0 amide bonds. The second-order valence-corrected chi connectivity index (χ2v) is 10.1. The van der Waals surface area contributed by atoms with Gasteiger partial charge in [-0.2, -0.15) is 10.1 Å². The van der Waals surface area contributed by atoms with E-state index in [0.29, 0.717) is 17.3 Å². The number of phenolic OH excluding ortho intramolecular Hbond substituents is 2. The normalized spacial score (nSPS) is 18.7. The Morgan fingerprint density at radius 1 is 1.09 bits per heavy atom. The number of rotatable bonds is 7. The predicted octanol–water partition coefficient (Wildman–Crippen LogP) is 4.89. The van der Waals surface area contributed by atoms with E-state index in [-0.39, 0.29) is 47.1 Å². The van der Waals surface area contributed by atoms with Crippen molar-refractivity contribution in [3.8, 4) is 11.5 Å². The number of aromatic nitrogens is 4. The zero-order chi connectivity index (χ0) is 24.6. The van der Waals surface area contributed by atoms with Crippen LogP contribution in [0.5, 0.6) is 11.5 Å². The van der Waals surface area contributed by atoms with Gasteiger partial charge in [0, 0.05) is 36.3 Å². The van der Waals surface area contributed by atoms with Gasteiger partial charge >= 0.3 is 0 Å². The van der Waals surface area contributed by atoms with Gasteiger partial charge in [-0.15, -0.1) is 0 Å². The summed E-state index contributed by atoms with van der Waals surface area (Å²) in [5, 5.41) is 32.1. The number of nitrogens with one attached hydrogen (secondary N) is 2. The monoisotopic (exact) mass is 487 g/mol. The van der Waals surface area contributed by atoms with Gasteiger partial charge in [0.05, 0.1) is 10.7 Å². The fourth-order valence-electron chi connectivity index (χ4n) is 4.38. The minimum absolute atomic E-state index is 0.00210. The molecule has 0 spiro atoms. The van der Waals surface area contributed by atoms with Crippen LogP contribution in [0.15, 0.2) is 12.1 Å². The third-order valence-electron chi connectivity index (χ3n) is 6.31. The predicted molar refractivity (Wildman–Crippen MR) is 136 cm³/mol. The third-order valence-corrected chi connectivity index (χ3v) is 6.61. The molecule has 0 unspecified atom stereocenters. The van der Waals surface area contributed by atoms with Crippen LogP contribution in [0.1, 0.15) is 76.6 Å². The smallest absolute Gasteiger partial charge is 0.225 e. The minimum Gasteiger partial charge on any atom is -0.508 e. The number of phenols is 2. The van der Waals surface area contributed by atoms with Crippen molar-refractivity contribution in [2.24, 2.45) is 5.73 Å². The molecule has 0 radical (unpaired) electrons. The molecule has 10 heteroatoms. The number of halogens is 1. The van der Waals surface area contributed by atoms with Crippen molar-refractivity contribution in [3.05, 3.63) is 28.4 Å². The summed E-state index contributed by atoms with van der Waals surface area (Å²) in [6.07, 6.45) is 3.91. The number of hydrogen-bond acceptors (Lipinski definition) is 8. The van der Waals surface area contributed by atoms with Crippen LogP contribution < -0.4 is 16.4 Å². The Morgan fingerprint density at radius 3 is 2.44 bits per heavy atom. The van der Waals surface area contributed by atoms with Crippen LogP contribution in [0.4, 0.5) is 11.8 Å². The lowest BCUT2D eigenvalue weighted by Gasteiger charge is -2.27. The van der Waals surface area contributed by atoms with Crippen molar-refractivity contribution in [3.63, 3.8) is 0 Å². The van der Waals surface area contributed by atoms with Crippen LogP contribution in [-0.2, 0) is 6.54 Å². The van der Waals surface area contributed by atoms with Gasteiger partial charge in [0.2, 0.25) is 5.95 Å². The van der Waals surface area contributed by atoms with Gasteiger partial charge in [-0.25, -0.2) is 4.98 Å². The van der Waals surface area contributed by atoms with Crippen LogP contribution in [0.3, 0.4) is 0 Å². The molecule has 1 aliphatic carbocycles. The molecule has 184 valence electrons. The lowest BCUT2D eigenvalue weighted by Crippen LogP contribution is -2.33. The van der Waals surface area contributed by atoms with Gasteiger partial charge in [-0.3, -0.25) is 4.68 Å². The summed E-state index contributed by atoms with van der Waals surface area (Å²) in [4.78, 5) is 9.71. The zero-order valence-electron chi connectivity index (χ0n) is 20.1. The van der Waals surface area contributed by atoms with E-state index in [1.54, 1.807) is 0 Å². The Kier molecular flexibility index (Phi) is 7.04. The standard InChI is InChI=1S/C24H34ClN7O2/c1-12(2)20-21-22(32(31-20)13(3)4)23(27-11-14-9-19(34)17(25)10-18(14)33)30-24(29-21)28-16-7-5-15(26)6-8-16/h9-10,12-13,15-16,33-34H,5-8,11,26H2,1-4H3,(H2,27,28,29,30). The Labute approximate surface area is 204 Å². The lowest BCUT2D eigenvalue weighted by atomic mass is 9.92. The van der Waals surface area contributed by atoms with Crippen molar-refractivity contribution < 1.29 is 10.2 Å². The molecule has 1 aromatic carbocycles. The molecule has 0 atom stereocenters. The number of aromatic hydroxyl groups is 2. The van der Waals surface area contributed by atoms with Gasteiger partial charge in [-0.05, 0) is 51.5 Å². The summed E-state index contributed by atoms with van der Waals surface area (Å²) < 4.78 is 1.94. The molecule has 4 rings (SSSR count). The lowest BCUT2D eigenvalue weighted by molar-refractivity contribution is 0.410. The van der Waals surface area contributed by atoms with Gasteiger partial charge in [0.15, 0.2) is 5.82 Å². The van der Waals surface area contributed by atoms with E-state index < -0.39 is 0 Å². The maximum atomic E-state index is 10.3. The van der Waals surface area contributed by atoms with Crippen LogP contribution in [-0.4, -0.2) is 42.0 Å². The number of benzene rings is 1. The van der Waals surface area contributed by atoms with E-state index in [2.05, 4.69) is 38.3 Å². The quantitative estimate of drug-likeness (QED) is 0.297. The Morgan fingerprint density at radius 2 is 1.79 bits per heavy atom. The number of hydrogen-bond donors (Lipinski definition) is 5. The summed E-state index contributed by atoms with van der Waals surface area (Å²) in [5.41, 5.74) is 9.11. The molecule has 0 saturated heterocycles. The average molecular weight is 488 g/mol. The van der Waals surface area contributed by atoms with Crippen molar-refractivity contribution in [1.29, 1.82) is 0 Å². The molecule has 1 aliphatic rings. The summed E-state index contributed by atoms with van der Waals surface area (Å²) in [6.45, 7) is 8.58. The van der Waals surface area contributed by atoms with E-state index >= 15 is 0 Å². The zero-order valence-corrected chi connectivity index (χ0v) is 20.9. The highest BCUT2D eigenvalue weighted by molar-refractivity contribution is 6.32. The average Bonchev–Trinajstić information content (AvgIpc) is 3.17. The maximum Gasteiger partial charge on any atom is 0.225 e. The summed E-state index contributed by atoms with van der Waals surface area (Å²) in [5.74, 6) is 1.25. The first-order valence-corrected chi connectivity index (χ1v) is 12.3. The molecule has 6 N–H and O–H groups in total. The van der Waals surface area contributed by atoms with E-state index in [1.165, 1.54) is 12.1 Å². The molecule has 2 heterocycles. The molecule has 0 aliphatic heterocycles. The second-order valence-electron chi connectivity index (χ2n) is 9.71. The summed E-state index contributed by atoms with van der Waals surface area (Å²) in [7, 11) is 0. The maximum absolute atomic E-state index is 10.3. The summed E-state index contributed by atoms with van der Waals surface area (Å²) >= 11 is 5.91. The van der Waals surface area contributed by atoms with Crippen molar-refractivity contribution >= 4 is 34.4 Å². The summed E-state index contributed by atoms with van der Waals surface area (Å²) in [6, 6.07) is 3.42. The van der Waals surface area contributed by atoms with Crippen LogP contribution >= 0.6 is 11.6 Å². The Bertz CT molecular complexity index is 1170. The van der Waals surface area contributed by atoms with Gasteiger partial charge in [0.1, 0.15) is 22.5 Å². The van der Waals surface area contributed by atoms with Gasteiger partial charge in [-0.1, -0.05) is 25.4 Å². The van der Waals surface area contributed by atoms with Crippen LogP contribution in [0, 0.1) is 0 Å². The Balaban J connectivity index is 1.75. The van der Waals surface area contributed by atoms with E-state index in [0.717, 1.165) is 42.4 Å². The highest BCUT2D eigenvalue weighted by atomic mass is 35.5. The first kappa shape index (κ1) is 24.3. The minimum atomic E-state index is -0.0868. The molecular weight excluding hydrogens is 454 g/mol. The molecule has 3 aromatic rings. The molecule has 2 aromatic heterocycles. The topological polar surface area (TPSA) is 134 Å². The van der Waals surface area contributed by atoms with E-state index in [9.17, 15) is 10.2 Å². The molecule has 1 saturated carbocycles. The van der Waals surface area contributed by atoms with Crippen molar-refractivity contribution in [2.75, 3.05) is 10.6 Å². The molecule has 1 fully saturated rings. The molecule has 34 heavy (non-hydrogen) atoms. The second kappa shape index (κ2) is 9.84. The first-order chi connectivity index (χ1) is 16.1. The van der Waals surface area contributed by atoms with Crippen molar-refractivity contribution in [2.45, 2.75) is 84.0 Å². The SMILES string of the molecule is CC(C)c1nn(C(C)C)c2c(NCc3cc(O)c(Cl)cc3O)nc(NC3CCC(N)CC3)nc12. The Hall–Kier alpha value is -2.78. The molecule has 0 bridgehead atoms. The fraction of sp³-hybridized carbons (Fsp3) is 0.542. The number of fused-ring (bicyclic) bond motifs is 1. The van der Waals surface area contributed by atoms with Crippen LogP contribution in [0.25, 0.3) is 11.0 Å². The third kappa shape index (κ3) is 5.00.